The van der Waals surface area contributed by atoms with E-state index in [2.05, 4.69) is 20.5 Å². The van der Waals surface area contributed by atoms with E-state index in [1.807, 2.05) is 25.1 Å². The van der Waals surface area contributed by atoms with Gasteiger partial charge in [0.15, 0.2) is 0 Å². The zero-order valence-corrected chi connectivity index (χ0v) is 9.01. The number of hydrogen-bond donors (Lipinski definition) is 2. The third-order valence-electron chi connectivity index (χ3n) is 2.23. The molecule has 0 spiro atoms. The average Bonchev–Trinajstić information content (AvgIpc) is 2.32. The first-order valence-corrected chi connectivity index (χ1v) is 4.98. The van der Waals surface area contributed by atoms with E-state index in [4.69, 9.17) is 5.73 Å². The van der Waals surface area contributed by atoms with Crippen LogP contribution in [-0.4, -0.2) is 15.2 Å². The van der Waals surface area contributed by atoms with Crippen LogP contribution >= 0.6 is 0 Å². The van der Waals surface area contributed by atoms with E-state index in [1.165, 1.54) is 0 Å². The van der Waals surface area contributed by atoms with Gasteiger partial charge in [0, 0.05) is 6.20 Å². The van der Waals surface area contributed by atoms with E-state index in [0.29, 0.717) is 12.2 Å². The van der Waals surface area contributed by atoms with Crippen LogP contribution in [0.25, 0.3) is 0 Å². The van der Waals surface area contributed by atoms with E-state index in [-0.39, 0.29) is 0 Å². The van der Waals surface area contributed by atoms with Gasteiger partial charge in [-0.25, -0.2) is 4.98 Å². The van der Waals surface area contributed by atoms with E-state index in [0.717, 1.165) is 17.1 Å². The van der Waals surface area contributed by atoms with Gasteiger partial charge in [-0.15, -0.1) is 0 Å². The van der Waals surface area contributed by atoms with Crippen molar-refractivity contribution in [3.05, 3.63) is 41.9 Å². The number of nitrogens with zero attached hydrogens (tertiary/aromatic N) is 3. The van der Waals surface area contributed by atoms with Gasteiger partial charge in [-0.05, 0) is 30.7 Å². The van der Waals surface area contributed by atoms with Crippen LogP contribution in [0.2, 0.25) is 0 Å². The molecule has 0 aromatic carbocycles. The molecule has 16 heavy (non-hydrogen) atoms. The normalized spacial score (nSPS) is 10.1. The number of rotatable bonds is 3. The standard InChI is InChI=1S/C11H13N5/c1-8-5-11(14-7-10(8)12)13-6-9-3-2-4-15-16-9/h2-5,7H,6,12H2,1H3,(H,13,14). The Hall–Kier alpha value is -2.17. The lowest BCUT2D eigenvalue weighted by Gasteiger charge is -2.06. The largest absolute Gasteiger partial charge is 0.397 e. The summed E-state index contributed by atoms with van der Waals surface area (Å²) >= 11 is 0. The lowest BCUT2D eigenvalue weighted by Crippen LogP contribution is -2.04. The zero-order valence-electron chi connectivity index (χ0n) is 9.01. The minimum absolute atomic E-state index is 0.601. The van der Waals surface area contributed by atoms with Crippen molar-refractivity contribution in [2.45, 2.75) is 13.5 Å². The van der Waals surface area contributed by atoms with Gasteiger partial charge < -0.3 is 11.1 Å². The molecule has 0 aliphatic heterocycles. The highest BCUT2D eigenvalue weighted by Crippen LogP contribution is 2.13. The van der Waals surface area contributed by atoms with Crippen molar-refractivity contribution >= 4 is 11.5 Å². The number of pyridine rings is 1. The Balaban J connectivity index is 2.03. The minimum Gasteiger partial charge on any atom is -0.397 e. The van der Waals surface area contributed by atoms with Gasteiger partial charge in [-0.1, -0.05) is 0 Å². The van der Waals surface area contributed by atoms with Crippen molar-refractivity contribution in [2.75, 3.05) is 11.1 Å². The van der Waals surface area contributed by atoms with Crippen LogP contribution in [0.4, 0.5) is 11.5 Å². The number of aromatic nitrogens is 3. The van der Waals surface area contributed by atoms with Crippen molar-refractivity contribution in [1.82, 2.24) is 15.2 Å². The van der Waals surface area contributed by atoms with Gasteiger partial charge in [0.05, 0.1) is 24.1 Å². The number of aryl methyl sites for hydroxylation is 1. The molecule has 5 heteroatoms. The van der Waals surface area contributed by atoms with Gasteiger partial charge in [-0.2, -0.15) is 10.2 Å². The van der Waals surface area contributed by atoms with Gasteiger partial charge in [-0.3, -0.25) is 0 Å². The summed E-state index contributed by atoms with van der Waals surface area (Å²) in [6.45, 7) is 2.55. The lowest BCUT2D eigenvalue weighted by molar-refractivity contribution is 0.920. The molecular formula is C11H13N5. The molecule has 0 saturated heterocycles. The maximum Gasteiger partial charge on any atom is 0.126 e. The van der Waals surface area contributed by atoms with Crippen molar-refractivity contribution in [3.8, 4) is 0 Å². The van der Waals surface area contributed by atoms with Crippen molar-refractivity contribution < 1.29 is 0 Å². The second kappa shape index (κ2) is 4.57. The Labute approximate surface area is 93.7 Å². The highest BCUT2D eigenvalue weighted by molar-refractivity contribution is 5.50. The van der Waals surface area contributed by atoms with E-state index in [9.17, 15) is 0 Å². The number of hydrogen-bond acceptors (Lipinski definition) is 5. The number of nitrogen functional groups attached to an aromatic ring is 1. The second-order valence-electron chi connectivity index (χ2n) is 3.49. The Morgan fingerprint density at radius 1 is 1.44 bits per heavy atom. The molecule has 2 aromatic rings. The monoisotopic (exact) mass is 215 g/mol. The lowest BCUT2D eigenvalue weighted by atomic mass is 10.2. The summed E-state index contributed by atoms with van der Waals surface area (Å²) in [5, 5.41) is 10.9. The maximum atomic E-state index is 5.68. The Morgan fingerprint density at radius 2 is 2.31 bits per heavy atom. The summed E-state index contributed by atoms with van der Waals surface area (Å²) in [4.78, 5) is 4.17. The fourth-order valence-corrected chi connectivity index (χ4v) is 1.27. The summed E-state index contributed by atoms with van der Waals surface area (Å²) in [5.41, 5.74) is 8.27. The van der Waals surface area contributed by atoms with Gasteiger partial charge in [0.1, 0.15) is 5.82 Å². The number of nitrogens with one attached hydrogen (secondary N) is 1. The molecular weight excluding hydrogens is 202 g/mol. The molecule has 2 heterocycles. The highest BCUT2D eigenvalue weighted by atomic mass is 15.1. The summed E-state index contributed by atoms with van der Waals surface area (Å²) in [6, 6.07) is 5.67. The van der Waals surface area contributed by atoms with E-state index in [1.54, 1.807) is 12.4 Å². The number of anilines is 2. The van der Waals surface area contributed by atoms with Crippen molar-refractivity contribution in [3.63, 3.8) is 0 Å². The predicted molar refractivity (Wildman–Crippen MR) is 62.7 cm³/mol. The van der Waals surface area contributed by atoms with Gasteiger partial charge in [0.25, 0.3) is 0 Å². The molecule has 0 radical (unpaired) electrons. The van der Waals surface area contributed by atoms with Gasteiger partial charge >= 0.3 is 0 Å². The average molecular weight is 215 g/mol. The van der Waals surface area contributed by atoms with Gasteiger partial charge in [0.2, 0.25) is 0 Å². The third-order valence-corrected chi connectivity index (χ3v) is 2.23. The minimum atomic E-state index is 0.601. The summed E-state index contributed by atoms with van der Waals surface area (Å²) in [6.07, 6.45) is 3.30. The van der Waals surface area contributed by atoms with E-state index < -0.39 is 0 Å². The Bertz CT molecular complexity index is 469. The molecule has 0 saturated carbocycles. The van der Waals surface area contributed by atoms with Crippen LogP contribution in [0.5, 0.6) is 0 Å². The Kier molecular flexibility index (Phi) is 2.95. The first-order valence-electron chi connectivity index (χ1n) is 4.98. The van der Waals surface area contributed by atoms with Crippen molar-refractivity contribution in [2.24, 2.45) is 0 Å². The fourth-order valence-electron chi connectivity index (χ4n) is 1.27. The van der Waals surface area contributed by atoms with Crippen LogP contribution in [0, 0.1) is 6.92 Å². The SMILES string of the molecule is Cc1cc(NCc2cccnn2)ncc1N. The van der Waals surface area contributed by atoms with Crippen molar-refractivity contribution in [1.29, 1.82) is 0 Å². The Morgan fingerprint density at radius 3 is 3.00 bits per heavy atom. The summed E-state index contributed by atoms with van der Waals surface area (Å²) in [5.74, 6) is 0.789. The predicted octanol–water partition coefficient (Wildman–Crippen LogP) is 1.37. The molecule has 0 fully saturated rings. The molecule has 0 amide bonds. The zero-order chi connectivity index (χ0) is 11.4. The van der Waals surface area contributed by atoms with Crippen LogP contribution in [-0.2, 0) is 6.54 Å². The molecule has 3 N–H and O–H groups in total. The molecule has 2 aromatic heterocycles. The molecule has 0 aliphatic rings. The topological polar surface area (TPSA) is 76.7 Å². The third kappa shape index (κ3) is 2.44. The molecule has 0 unspecified atom stereocenters. The van der Waals surface area contributed by atoms with Crippen LogP contribution in [0.15, 0.2) is 30.6 Å². The first-order chi connectivity index (χ1) is 7.75. The highest BCUT2D eigenvalue weighted by Gasteiger charge is 1.98. The maximum absolute atomic E-state index is 5.68. The summed E-state index contributed by atoms with van der Waals surface area (Å²) in [7, 11) is 0. The molecule has 5 nitrogen and oxygen atoms in total. The second-order valence-corrected chi connectivity index (χ2v) is 3.49. The van der Waals surface area contributed by atoms with E-state index >= 15 is 0 Å². The smallest absolute Gasteiger partial charge is 0.126 e. The molecule has 82 valence electrons. The fraction of sp³-hybridized carbons (Fsp3) is 0.182. The van der Waals surface area contributed by atoms with Crippen LogP contribution in [0.3, 0.4) is 0 Å². The number of nitrogens with two attached hydrogens (primary N) is 1. The first kappa shape index (κ1) is 10.4. The molecule has 0 atom stereocenters. The molecule has 0 aliphatic carbocycles. The molecule has 2 rings (SSSR count). The quantitative estimate of drug-likeness (QED) is 0.808. The molecule has 0 bridgehead atoms. The van der Waals surface area contributed by atoms with Crippen LogP contribution in [0.1, 0.15) is 11.3 Å². The van der Waals surface area contributed by atoms with Crippen LogP contribution < -0.4 is 11.1 Å². The summed E-state index contributed by atoms with van der Waals surface area (Å²) < 4.78 is 0.